The molecule has 2 rings (SSSR count). The number of hydrogen-bond acceptors (Lipinski definition) is 4. The molecular formula is C13H10FN3O3. The molecule has 0 bridgehead atoms. The van der Waals surface area contributed by atoms with Crippen LogP contribution in [0.15, 0.2) is 36.4 Å². The molecule has 1 heterocycles. The first-order chi connectivity index (χ1) is 9.47. The maximum Gasteiger partial charge on any atom is 0.274 e. The first-order valence-electron chi connectivity index (χ1n) is 5.66. The van der Waals surface area contributed by atoms with E-state index in [4.69, 9.17) is 0 Å². The minimum Gasteiger partial charge on any atom is -0.321 e. The van der Waals surface area contributed by atoms with Gasteiger partial charge in [-0.2, -0.15) is 4.39 Å². The Balaban J connectivity index is 2.20. The quantitative estimate of drug-likeness (QED) is 0.530. The molecule has 102 valence electrons. The number of nitro groups is 1. The summed E-state index contributed by atoms with van der Waals surface area (Å²) in [5, 5.41) is 13.2. The highest BCUT2D eigenvalue weighted by Crippen LogP contribution is 2.21. The van der Waals surface area contributed by atoms with Gasteiger partial charge in [-0.25, -0.2) is 4.98 Å². The molecule has 1 aromatic heterocycles. The number of pyridine rings is 1. The van der Waals surface area contributed by atoms with Gasteiger partial charge < -0.3 is 5.32 Å². The maximum absolute atomic E-state index is 12.9. The zero-order valence-corrected chi connectivity index (χ0v) is 10.5. The topological polar surface area (TPSA) is 85.1 Å². The zero-order chi connectivity index (χ0) is 14.7. The van der Waals surface area contributed by atoms with Crippen LogP contribution in [-0.2, 0) is 0 Å². The number of carbonyl (C=O) groups excluding carboxylic acids is 1. The van der Waals surface area contributed by atoms with E-state index >= 15 is 0 Å². The number of carbonyl (C=O) groups is 1. The molecule has 7 heteroatoms. The van der Waals surface area contributed by atoms with Gasteiger partial charge in [-0.1, -0.05) is 6.07 Å². The molecule has 0 radical (unpaired) electrons. The van der Waals surface area contributed by atoms with Crippen LogP contribution in [0.4, 0.5) is 15.8 Å². The Hall–Kier alpha value is -2.83. The molecule has 0 saturated carbocycles. The van der Waals surface area contributed by atoms with Crippen LogP contribution in [0.3, 0.4) is 0 Å². The van der Waals surface area contributed by atoms with Crippen LogP contribution in [0.2, 0.25) is 0 Å². The molecule has 0 spiro atoms. The van der Waals surface area contributed by atoms with E-state index in [1.165, 1.54) is 30.3 Å². The summed E-state index contributed by atoms with van der Waals surface area (Å²) in [5.41, 5.74) is 0.692. The molecule has 0 atom stereocenters. The number of rotatable bonds is 3. The highest BCUT2D eigenvalue weighted by Gasteiger charge is 2.13. The number of anilines is 1. The number of aromatic nitrogens is 1. The van der Waals surface area contributed by atoms with Crippen LogP contribution in [0, 0.1) is 23.0 Å². The van der Waals surface area contributed by atoms with Crippen molar-refractivity contribution >= 4 is 17.3 Å². The standard InChI is InChI=1S/C13H10FN3O3/c1-8-7-9(5-6-11(8)17(19)20)15-13(18)10-3-2-4-12(14)16-10/h2-7H,1H3,(H,15,18). The number of halogens is 1. The molecule has 1 N–H and O–H groups in total. The number of nitrogens with zero attached hydrogens (tertiary/aromatic N) is 2. The third-order valence-corrected chi connectivity index (χ3v) is 2.60. The van der Waals surface area contributed by atoms with Gasteiger partial charge in [0.05, 0.1) is 4.92 Å². The number of nitro benzene ring substituents is 1. The number of hydrogen-bond donors (Lipinski definition) is 1. The third kappa shape index (κ3) is 2.94. The van der Waals surface area contributed by atoms with Gasteiger partial charge in [0, 0.05) is 17.3 Å². The molecule has 0 aliphatic rings. The molecule has 1 amide bonds. The van der Waals surface area contributed by atoms with Gasteiger partial charge in [0.1, 0.15) is 5.69 Å². The summed E-state index contributed by atoms with van der Waals surface area (Å²) in [6.07, 6.45) is 0. The molecule has 0 unspecified atom stereocenters. The van der Waals surface area contributed by atoms with E-state index in [0.717, 1.165) is 6.07 Å². The number of amides is 1. The van der Waals surface area contributed by atoms with Crippen molar-refractivity contribution in [2.24, 2.45) is 0 Å². The van der Waals surface area contributed by atoms with Crippen molar-refractivity contribution in [3.63, 3.8) is 0 Å². The summed E-state index contributed by atoms with van der Waals surface area (Å²) in [5.74, 6) is -1.34. The Morgan fingerprint density at radius 2 is 2.10 bits per heavy atom. The Bertz CT molecular complexity index is 688. The van der Waals surface area contributed by atoms with Crippen molar-refractivity contribution in [3.8, 4) is 0 Å². The predicted octanol–water partition coefficient (Wildman–Crippen LogP) is 2.69. The molecule has 0 aliphatic heterocycles. The van der Waals surface area contributed by atoms with Crippen molar-refractivity contribution < 1.29 is 14.1 Å². The predicted molar refractivity (Wildman–Crippen MR) is 70.0 cm³/mol. The van der Waals surface area contributed by atoms with Crippen molar-refractivity contribution in [2.45, 2.75) is 6.92 Å². The van der Waals surface area contributed by atoms with E-state index in [9.17, 15) is 19.3 Å². The first-order valence-corrected chi connectivity index (χ1v) is 5.66. The fraction of sp³-hybridized carbons (Fsp3) is 0.0769. The second-order valence-corrected chi connectivity index (χ2v) is 4.06. The van der Waals surface area contributed by atoms with Gasteiger partial charge in [0.25, 0.3) is 11.6 Å². The minimum absolute atomic E-state index is 0.0353. The lowest BCUT2D eigenvalue weighted by molar-refractivity contribution is -0.385. The molecule has 0 aliphatic carbocycles. The first kappa shape index (κ1) is 13.6. The molecule has 2 aromatic rings. The molecule has 1 aromatic carbocycles. The maximum atomic E-state index is 12.9. The van der Waals surface area contributed by atoms with Crippen molar-refractivity contribution in [1.29, 1.82) is 0 Å². The van der Waals surface area contributed by atoms with E-state index in [1.807, 2.05) is 0 Å². The third-order valence-electron chi connectivity index (χ3n) is 2.60. The van der Waals surface area contributed by atoms with Crippen LogP contribution >= 0.6 is 0 Å². The summed E-state index contributed by atoms with van der Waals surface area (Å²) in [6, 6.07) is 8.05. The second-order valence-electron chi connectivity index (χ2n) is 4.06. The Kier molecular flexibility index (Phi) is 3.69. The lowest BCUT2D eigenvalue weighted by Gasteiger charge is -2.06. The second kappa shape index (κ2) is 5.43. The summed E-state index contributed by atoms with van der Waals surface area (Å²) in [6.45, 7) is 1.56. The fourth-order valence-corrected chi connectivity index (χ4v) is 1.67. The lowest BCUT2D eigenvalue weighted by Crippen LogP contribution is -2.14. The van der Waals surface area contributed by atoms with Crippen molar-refractivity contribution in [1.82, 2.24) is 4.98 Å². The molecule has 6 nitrogen and oxygen atoms in total. The lowest BCUT2D eigenvalue weighted by atomic mass is 10.2. The van der Waals surface area contributed by atoms with Crippen LogP contribution in [-0.4, -0.2) is 15.8 Å². The minimum atomic E-state index is -0.752. The van der Waals surface area contributed by atoms with Crippen LogP contribution < -0.4 is 5.32 Å². The average Bonchev–Trinajstić information content (AvgIpc) is 2.38. The van der Waals surface area contributed by atoms with Gasteiger partial charge in [-0.15, -0.1) is 0 Å². The highest BCUT2D eigenvalue weighted by atomic mass is 19.1. The van der Waals surface area contributed by atoms with Crippen LogP contribution in [0.1, 0.15) is 16.1 Å². The number of benzene rings is 1. The van der Waals surface area contributed by atoms with Gasteiger partial charge in [0.2, 0.25) is 5.95 Å². The Morgan fingerprint density at radius 3 is 2.70 bits per heavy atom. The zero-order valence-electron chi connectivity index (χ0n) is 10.5. The van der Waals surface area contributed by atoms with Crippen molar-refractivity contribution in [3.05, 3.63) is 63.7 Å². The van der Waals surface area contributed by atoms with Gasteiger partial charge in [-0.05, 0) is 31.2 Å². The molecule has 20 heavy (non-hydrogen) atoms. The molecular weight excluding hydrogens is 265 g/mol. The highest BCUT2D eigenvalue weighted by molar-refractivity contribution is 6.02. The summed E-state index contributed by atoms with van der Waals surface area (Å²) in [4.78, 5) is 25.4. The van der Waals surface area contributed by atoms with Gasteiger partial charge in [-0.3, -0.25) is 14.9 Å². The largest absolute Gasteiger partial charge is 0.321 e. The summed E-state index contributed by atoms with van der Waals surface area (Å²) >= 11 is 0. The Morgan fingerprint density at radius 1 is 1.35 bits per heavy atom. The normalized spacial score (nSPS) is 10.1. The van der Waals surface area contributed by atoms with E-state index < -0.39 is 16.8 Å². The fourth-order valence-electron chi connectivity index (χ4n) is 1.67. The monoisotopic (exact) mass is 275 g/mol. The summed E-state index contributed by atoms with van der Waals surface area (Å²) in [7, 11) is 0. The SMILES string of the molecule is Cc1cc(NC(=O)c2cccc(F)n2)ccc1[N+](=O)[O-]. The van der Waals surface area contributed by atoms with E-state index in [-0.39, 0.29) is 11.4 Å². The van der Waals surface area contributed by atoms with Crippen LogP contribution in [0.5, 0.6) is 0 Å². The van der Waals surface area contributed by atoms with Crippen LogP contribution in [0.25, 0.3) is 0 Å². The van der Waals surface area contributed by atoms with E-state index in [1.54, 1.807) is 6.92 Å². The van der Waals surface area contributed by atoms with E-state index in [2.05, 4.69) is 10.3 Å². The van der Waals surface area contributed by atoms with Gasteiger partial charge >= 0.3 is 0 Å². The smallest absolute Gasteiger partial charge is 0.274 e. The number of nitrogens with one attached hydrogen (secondary N) is 1. The molecule has 0 saturated heterocycles. The van der Waals surface area contributed by atoms with Gasteiger partial charge in [0.15, 0.2) is 0 Å². The average molecular weight is 275 g/mol. The number of aryl methyl sites for hydroxylation is 1. The van der Waals surface area contributed by atoms with Crippen molar-refractivity contribution in [2.75, 3.05) is 5.32 Å². The Labute approximate surface area is 113 Å². The van der Waals surface area contributed by atoms with E-state index in [0.29, 0.717) is 11.3 Å². The summed E-state index contributed by atoms with van der Waals surface area (Å²) < 4.78 is 12.9. The molecule has 0 fully saturated rings.